The Morgan fingerprint density at radius 1 is 1.70 bits per heavy atom. The maximum atomic E-state index is 10.9. The second-order valence-corrected chi connectivity index (χ2v) is 3.34. The summed E-state index contributed by atoms with van der Waals surface area (Å²) in [5.74, 6) is 0.0611. The number of cyclic esters (lactones) is 1. The Balaban J connectivity index is 2.41. The van der Waals surface area contributed by atoms with Crippen molar-refractivity contribution in [3.63, 3.8) is 0 Å². The van der Waals surface area contributed by atoms with E-state index < -0.39 is 0 Å². The lowest BCUT2D eigenvalue weighted by Gasteiger charge is -2.24. The molecule has 0 spiro atoms. The topological polar surface area (TPSA) is 26.3 Å². The Morgan fingerprint density at radius 2 is 2.40 bits per heavy atom. The van der Waals surface area contributed by atoms with Crippen LogP contribution in [-0.2, 0) is 9.53 Å². The van der Waals surface area contributed by atoms with Gasteiger partial charge in [0.25, 0.3) is 0 Å². The van der Waals surface area contributed by atoms with Crippen LogP contribution in [0.15, 0.2) is 0 Å². The summed E-state index contributed by atoms with van der Waals surface area (Å²) in [5, 5.41) is 0.769. The summed E-state index contributed by atoms with van der Waals surface area (Å²) in [5.41, 5.74) is 0. The molecule has 3 heteroatoms. The highest BCUT2D eigenvalue weighted by atomic mass is 79.9. The normalized spacial score (nSPS) is 33.6. The Bertz CT molecular complexity index is 136. The minimum Gasteiger partial charge on any atom is -0.461 e. The van der Waals surface area contributed by atoms with E-state index in [-0.39, 0.29) is 18.0 Å². The molecule has 1 fully saturated rings. The maximum absolute atomic E-state index is 10.9. The zero-order valence-corrected chi connectivity index (χ0v) is 7.56. The average molecular weight is 207 g/mol. The van der Waals surface area contributed by atoms with E-state index in [9.17, 15) is 4.79 Å². The molecule has 2 nitrogen and oxygen atoms in total. The Kier molecular flexibility index (Phi) is 2.72. The molecule has 0 aliphatic carbocycles. The summed E-state index contributed by atoms with van der Waals surface area (Å²) in [6.45, 7) is 1.91. The van der Waals surface area contributed by atoms with Crippen molar-refractivity contribution in [2.75, 3.05) is 5.33 Å². The van der Waals surface area contributed by atoms with Crippen molar-refractivity contribution in [3.8, 4) is 0 Å². The molecule has 1 aliphatic rings. The lowest BCUT2D eigenvalue weighted by atomic mass is 10.0. The number of carbonyl (C=O) groups is 1. The maximum Gasteiger partial charge on any atom is 0.308 e. The minimum atomic E-state index is -0.0456. The Hall–Kier alpha value is -0.0500. The highest BCUT2D eigenvalue weighted by Crippen LogP contribution is 2.20. The second-order valence-electron chi connectivity index (χ2n) is 2.69. The fourth-order valence-corrected chi connectivity index (χ4v) is 1.46. The van der Waals surface area contributed by atoms with Gasteiger partial charge in [-0.25, -0.2) is 0 Å². The summed E-state index contributed by atoms with van der Waals surface area (Å²) in [4.78, 5) is 10.9. The average Bonchev–Trinajstić information content (AvgIpc) is 1.95. The molecule has 0 aromatic rings. The third-order valence-corrected chi connectivity index (χ3v) is 2.50. The van der Waals surface area contributed by atoms with Crippen molar-refractivity contribution in [1.82, 2.24) is 0 Å². The van der Waals surface area contributed by atoms with Crippen molar-refractivity contribution in [2.24, 2.45) is 5.92 Å². The van der Waals surface area contributed by atoms with Crippen LogP contribution in [-0.4, -0.2) is 17.4 Å². The fourth-order valence-electron chi connectivity index (χ4n) is 1.00. The molecule has 58 valence electrons. The summed E-state index contributed by atoms with van der Waals surface area (Å²) in [7, 11) is 0. The van der Waals surface area contributed by atoms with Crippen LogP contribution in [0.5, 0.6) is 0 Å². The first kappa shape index (κ1) is 8.05. The predicted octanol–water partition coefficient (Wildman–Crippen LogP) is 1.72. The monoisotopic (exact) mass is 206 g/mol. The first-order valence-corrected chi connectivity index (χ1v) is 4.62. The fraction of sp³-hybridized carbons (Fsp3) is 0.857. The number of ether oxygens (including phenoxy) is 1. The molecule has 0 N–H and O–H groups in total. The molecule has 10 heavy (non-hydrogen) atoms. The Labute approximate surface area is 69.1 Å². The molecule has 1 heterocycles. The Morgan fingerprint density at radius 3 is 2.90 bits per heavy atom. The number of alkyl halides is 1. The third kappa shape index (κ3) is 1.72. The van der Waals surface area contributed by atoms with Crippen molar-refractivity contribution in [3.05, 3.63) is 0 Å². The molecule has 0 saturated carbocycles. The lowest BCUT2D eigenvalue weighted by molar-refractivity contribution is -0.157. The van der Waals surface area contributed by atoms with Crippen LogP contribution >= 0.6 is 15.9 Å². The number of hydrogen-bond donors (Lipinski definition) is 0. The third-order valence-electron chi connectivity index (χ3n) is 1.78. The summed E-state index contributed by atoms with van der Waals surface area (Å²) in [6, 6.07) is 0. The van der Waals surface area contributed by atoms with Crippen LogP contribution in [0.2, 0.25) is 0 Å². The van der Waals surface area contributed by atoms with Gasteiger partial charge in [0, 0.05) is 5.33 Å². The molecule has 0 aromatic carbocycles. The largest absolute Gasteiger partial charge is 0.461 e. The van der Waals surface area contributed by atoms with Crippen LogP contribution in [0.4, 0.5) is 0 Å². The SMILES string of the molecule is C[C@H]1CC[C@H](CBr)OC1=O. The zero-order valence-electron chi connectivity index (χ0n) is 5.97. The van der Waals surface area contributed by atoms with Gasteiger partial charge in [0.15, 0.2) is 0 Å². The summed E-state index contributed by atoms with van der Waals surface area (Å²) in [6.07, 6.45) is 2.08. The molecule has 2 atom stereocenters. The van der Waals surface area contributed by atoms with Gasteiger partial charge in [0.1, 0.15) is 6.10 Å². The highest BCUT2D eigenvalue weighted by Gasteiger charge is 2.25. The van der Waals surface area contributed by atoms with E-state index in [0.717, 1.165) is 18.2 Å². The van der Waals surface area contributed by atoms with E-state index >= 15 is 0 Å². The highest BCUT2D eigenvalue weighted by molar-refractivity contribution is 9.09. The van der Waals surface area contributed by atoms with Crippen molar-refractivity contribution < 1.29 is 9.53 Å². The van der Waals surface area contributed by atoms with E-state index in [1.807, 2.05) is 6.92 Å². The lowest BCUT2D eigenvalue weighted by Crippen LogP contribution is -2.30. The van der Waals surface area contributed by atoms with E-state index in [4.69, 9.17) is 4.74 Å². The number of carbonyl (C=O) groups excluding carboxylic acids is 1. The van der Waals surface area contributed by atoms with Gasteiger partial charge in [0.05, 0.1) is 5.92 Å². The van der Waals surface area contributed by atoms with Gasteiger partial charge in [-0.1, -0.05) is 22.9 Å². The minimum absolute atomic E-state index is 0.0456. The van der Waals surface area contributed by atoms with Gasteiger partial charge >= 0.3 is 5.97 Å². The van der Waals surface area contributed by atoms with Crippen molar-refractivity contribution in [2.45, 2.75) is 25.9 Å². The summed E-state index contributed by atoms with van der Waals surface area (Å²) >= 11 is 3.28. The molecule has 0 unspecified atom stereocenters. The van der Waals surface area contributed by atoms with Crippen LogP contribution in [0.3, 0.4) is 0 Å². The number of halogens is 1. The smallest absolute Gasteiger partial charge is 0.308 e. The van der Waals surface area contributed by atoms with Crippen LogP contribution < -0.4 is 0 Å². The van der Waals surface area contributed by atoms with Gasteiger partial charge in [-0.3, -0.25) is 4.79 Å². The number of rotatable bonds is 1. The van der Waals surface area contributed by atoms with Crippen LogP contribution in [0, 0.1) is 5.92 Å². The molecule has 0 amide bonds. The molecule has 1 saturated heterocycles. The van der Waals surface area contributed by atoms with E-state index in [0.29, 0.717) is 0 Å². The molecular formula is C7H11BrO2. The molecule has 0 aromatic heterocycles. The summed E-state index contributed by atoms with van der Waals surface area (Å²) < 4.78 is 5.06. The standard InChI is InChI=1S/C7H11BrO2/c1-5-2-3-6(4-8)10-7(5)9/h5-6H,2-4H2,1H3/t5-,6+/m0/s1. The predicted molar refractivity (Wildman–Crippen MR) is 42.1 cm³/mol. The van der Waals surface area contributed by atoms with Crippen LogP contribution in [0.1, 0.15) is 19.8 Å². The van der Waals surface area contributed by atoms with Gasteiger partial charge in [-0.05, 0) is 12.8 Å². The first-order valence-electron chi connectivity index (χ1n) is 3.50. The van der Waals surface area contributed by atoms with Crippen molar-refractivity contribution in [1.29, 1.82) is 0 Å². The van der Waals surface area contributed by atoms with Crippen LogP contribution in [0.25, 0.3) is 0 Å². The van der Waals surface area contributed by atoms with Gasteiger partial charge in [-0.15, -0.1) is 0 Å². The quantitative estimate of drug-likeness (QED) is 0.483. The van der Waals surface area contributed by atoms with Crippen molar-refractivity contribution >= 4 is 21.9 Å². The molecular weight excluding hydrogens is 196 g/mol. The van der Waals surface area contributed by atoms with Gasteiger partial charge in [0.2, 0.25) is 0 Å². The van der Waals surface area contributed by atoms with E-state index in [1.54, 1.807) is 0 Å². The van der Waals surface area contributed by atoms with E-state index in [1.165, 1.54) is 0 Å². The first-order chi connectivity index (χ1) is 4.74. The molecule has 0 bridgehead atoms. The second kappa shape index (κ2) is 3.37. The van der Waals surface area contributed by atoms with E-state index in [2.05, 4.69) is 15.9 Å². The molecule has 1 rings (SSSR count). The number of esters is 1. The van der Waals surface area contributed by atoms with Gasteiger partial charge < -0.3 is 4.74 Å². The van der Waals surface area contributed by atoms with Gasteiger partial charge in [-0.2, -0.15) is 0 Å². The number of hydrogen-bond acceptors (Lipinski definition) is 2. The zero-order chi connectivity index (χ0) is 7.56. The molecule has 1 aliphatic heterocycles. The molecule has 0 radical (unpaired) electrons.